The molecule has 2 rings (SSSR count). The van der Waals surface area contributed by atoms with Crippen LogP contribution in [0.3, 0.4) is 0 Å². The second-order valence-corrected chi connectivity index (χ2v) is 3.89. The number of carboxylic acids is 1. The van der Waals surface area contributed by atoms with Gasteiger partial charge in [-0.15, -0.1) is 0 Å². The Hall–Kier alpha value is -2.50. The number of hydrogen-bond donors (Lipinski definition) is 1. The average molecular weight is 263 g/mol. The fourth-order valence-corrected chi connectivity index (χ4v) is 1.56. The highest BCUT2D eigenvalue weighted by Gasteiger charge is 2.13. The van der Waals surface area contributed by atoms with E-state index in [0.717, 1.165) is 5.69 Å². The Bertz CT molecular complexity index is 590. The second-order valence-electron chi connectivity index (χ2n) is 3.89. The number of aromatic carboxylic acids is 1. The van der Waals surface area contributed by atoms with Crippen molar-refractivity contribution in [3.8, 4) is 11.5 Å². The van der Waals surface area contributed by atoms with Gasteiger partial charge in [-0.1, -0.05) is 5.16 Å². The van der Waals surface area contributed by atoms with Gasteiger partial charge in [-0.25, -0.2) is 4.79 Å². The van der Waals surface area contributed by atoms with E-state index in [0.29, 0.717) is 11.5 Å². The van der Waals surface area contributed by atoms with E-state index in [-0.39, 0.29) is 17.9 Å². The lowest BCUT2D eigenvalue weighted by Gasteiger charge is -2.09. The van der Waals surface area contributed by atoms with Gasteiger partial charge in [-0.2, -0.15) is 0 Å². The molecule has 0 aliphatic heterocycles. The van der Waals surface area contributed by atoms with Gasteiger partial charge < -0.3 is 19.1 Å². The minimum absolute atomic E-state index is 0.0376. The molecule has 0 aliphatic carbocycles. The molecule has 0 saturated heterocycles. The van der Waals surface area contributed by atoms with Crippen molar-refractivity contribution in [2.75, 3.05) is 7.11 Å². The number of benzene rings is 1. The molecule has 0 bridgehead atoms. The number of aryl methyl sites for hydroxylation is 1. The Kier molecular flexibility index (Phi) is 3.70. The van der Waals surface area contributed by atoms with Crippen molar-refractivity contribution in [2.24, 2.45) is 0 Å². The van der Waals surface area contributed by atoms with Crippen LogP contribution in [0.25, 0.3) is 0 Å². The summed E-state index contributed by atoms with van der Waals surface area (Å²) in [5.41, 5.74) is 0.780. The van der Waals surface area contributed by atoms with Crippen LogP contribution in [0.5, 0.6) is 11.5 Å². The fraction of sp³-hybridized carbons (Fsp3) is 0.231. The summed E-state index contributed by atoms with van der Waals surface area (Å²) in [6.07, 6.45) is 0. The highest BCUT2D eigenvalue weighted by Crippen LogP contribution is 2.25. The normalized spacial score (nSPS) is 10.2. The van der Waals surface area contributed by atoms with Gasteiger partial charge in [0.15, 0.2) is 5.76 Å². The lowest BCUT2D eigenvalue weighted by atomic mass is 10.2. The summed E-state index contributed by atoms with van der Waals surface area (Å²) in [6, 6.07) is 6.31. The smallest absolute Gasteiger partial charge is 0.339 e. The summed E-state index contributed by atoms with van der Waals surface area (Å²) in [7, 11) is 1.47. The predicted molar refractivity (Wildman–Crippen MR) is 65.5 cm³/mol. The Morgan fingerprint density at radius 2 is 2.21 bits per heavy atom. The first-order chi connectivity index (χ1) is 9.10. The molecule has 100 valence electrons. The van der Waals surface area contributed by atoms with Crippen molar-refractivity contribution in [3.05, 3.63) is 41.3 Å². The van der Waals surface area contributed by atoms with E-state index in [1.54, 1.807) is 25.1 Å². The van der Waals surface area contributed by atoms with Crippen LogP contribution in [0.4, 0.5) is 0 Å². The van der Waals surface area contributed by atoms with E-state index in [2.05, 4.69) is 5.16 Å². The van der Waals surface area contributed by atoms with E-state index in [9.17, 15) is 4.79 Å². The van der Waals surface area contributed by atoms with Crippen LogP contribution in [0.15, 0.2) is 28.8 Å². The van der Waals surface area contributed by atoms with Crippen molar-refractivity contribution in [2.45, 2.75) is 13.5 Å². The zero-order chi connectivity index (χ0) is 13.8. The molecule has 19 heavy (non-hydrogen) atoms. The van der Waals surface area contributed by atoms with Gasteiger partial charge in [0.05, 0.1) is 12.8 Å². The lowest BCUT2D eigenvalue weighted by molar-refractivity contribution is 0.0690. The third-order valence-electron chi connectivity index (χ3n) is 2.46. The van der Waals surface area contributed by atoms with Crippen LogP contribution in [0.1, 0.15) is 21.8 Å². The van der Waals surface area contributed by atoms with Crippen molar-refractivity contribution in [1.82, 2.24) is 5.16 Å². The SMILES string of the molecule is COc1ccc(OCc2cc(C)no2)c(C(=O)O)c1. The number of nitrogens with zero attached hydrogens (tertiary/aromatic N) is 1. The van der Waals surface area contributed by atoms with Crippen LogP contribution in [-0.4, -0.2) is 23.3 Å². The summed E-state index contributed by atoms with van der Waals surface area (Å²) in [5.74, 6) is 0.162. The molecule has 1 N–H and O–H groups in total. The molecule has 0 spiro atoms. The number of hydrogen-bond acceptors (Lipinski definition) is 5. The molecule has 1 aromatic carbocycles. The first-order valence-corrected chi connectivity index (χ1v) is 5.56. The van der Waals surface area contributed by atoms with E-state index in [1.807, 2.05) is 0 Å². The molecular formula is C13H13NO5. The van der Waals surface area contributed by atoms with E-state index in [1.165, 1.54) is 13.2 Å². The monoisotopic (exact) mass is 263 g/mol. The van der Waals surface area contributed by atoms with Crippen LogP contribution >= 0.6 is 0 Å². The van der Waals surface area contributed by atoms with Gasteiger partial charge in [0, 0.05) is 6.07 Å². The zero-order valence-corrected chi connectivity index (χ0v) is 10.5. The summed E-state index contributed by atoms with van der Waals surface area (Å²) < 4.78 is 15.4. The molecule has 2 aromatic rings. The van der Waals surface area contributed by atoms with Crippen molar-refractivity contribution in [3.63, 3.8) is 0 Å². The summed E-state index contributed by atoms with van der Waals surface area (Å²) >= 11 is 0. The van der Waals surface area contributed by atoms with Gasteiger partial charge in [0.25, 0.3) is 0 Å². The average Bonchev–Trinajstić information content (AvgIpc) is 2.82. The Morgan fingerprint density at radius 3 is 2.79 bits per heavy atom. The van der Waals surface area contributed by atoms with Crippen LogP contribution in [-0.2, 0) is 6.61 Å². The molecular weight excluding hydrogens is 250 g/mol. The topological polar surface area (TPSA) is 81.8 Å². The first kappa shape index (κ1) is 12.9. The van der Waals surface area contributed by atoms with E-state index < -0.39 is 5.97 Å². The van der Waals surface area contributed by atoms with Crippen molar-refractivity contribution >= 4 is 5.97 Å². The maximum atomic E-state index is 11.1. The molecule has 0 fully saturated rings. The fourth-order valence-electron chi connectivity index (χ4n) is 1.56. The van der Waals surface area contributed by atoms with E-state index in [4.69, 9.17) is 19.1 Å². The third-order valence-corrected chi connectivity index (χ3v) is 2.46. The number of carboxylic acid groups (broad SMARTS) is 1. The standard InChI is InChI=1S/C13H13NO5/c1-8-5-10(19-14-8)7-18-12-4-3-9(17-2)6-11(12)13(15)16/h3-6H,7H2,1-2H3,(H,15,16). The van der Waals surface area contributed by atoms with Gasteiger partial charge in [0.1, 0.15) is 23.7 Å². The third kappa shape index (κ3) is 3.04. The summed E-state index contributed by atoms with van der Waals surface area (Å²) in [5, 5.41) is 12.8. The minimum Gasteiger partial charge on any atom is -0.497 e. The Labute approximate surface area is 109 Å². The Morgan fingerprint density at radius 1 is 1.42 bits per heavy atom. The molecule has 0 amide bonds. The molecule has 0 unspecified atom stereocenters. The lowest BCUT2D eigenvalue weighted by Crippen LogP contribution is -2.03. The molecule has 1 aromatic heterocycles. The number of ether oxygens (including phenoxy) is 2. The number of aromatic nitrogens is 1. The van der Waals surface area contributed by atoms with Gasteiger partial charge in [-0.3, -0.25) is 0 Å². The summed E-state index contributed by atoms with van der Waals surface area (Å²) in [4.78, 5) is 11.1. The molecule has 0 atom stereocenters. The molecule has 0 saturated carbocycles. The minimum atomic E-state index is -1.08. The van der Waals surface area contributed by atoms with Gasteiger partial charge in [0.2, 0.25) is 0 Å². The van der Waals surface area contributed by atoms with Crippen LogP contribution in [0, 0.1) is 6.92 Å². The molecule has 0 radical (unpaired) electrons. The largest absolute Gasteiger partial charge is 0.497 e. The molecule has 6 nitrogen and oxygen atoms in total. The predicted octanol–water partition coefficient (Wildman–Crippen LogP) is 2.27. The zero-order valence-electron chi connectivity index (χ0n) is 10.5. The number of methoxy groups -OCH3 is 1. The quantitative estimate of drug-likeness (QED) is 0.891. The summed E-state index contributed by atoms with van der Waals surface area (Å²) in [6.45, 7) is 1.91. The number of rotatable bonds is 5. The highest BCUT2D eigenvalue weighted by molar-refractivity contribution is 5.91. The second kappa shape index (κ2) is 5.43. The molecule has 0 aliphatic rings. The van der Waals surface area contributed by atoms with Crippen LogP contribution < -0.4 is 9.47 Å². The van der Waals surface area contributed by atoms with Gasteiger partial charge in [-0.05, 0) is 25.1 Å². The molecule has 1 heterocycles. The highest BCUT2D eigenvalue weighted by atomic mass is 16.5. The number of carbonyl (C=O) groups is 1. The molecule has 6 heteroatoms. The maximum Gasteiger partial charge on any atom is 0.339 e. The first-order valence-electron chi connectivity index (χ1n) is 5.56. The maximum absolute atomic E-state index is 11.1. The van der Waals surface area contributed by atoms with Crippen molar-refractivity contribution in [1.29, 1.82) is 0 Å². The van der Waals surface area contributed by atoms with E-state index >= 15 is 0 Å². The van der Waals surface area contributed by atoms with Gasteiger partial charge >= 0.3 is 5.97 Å². The van der Waals surface area contributed by atoms with Crippen LogP contribution in [0.2, 0.25) is 0 Å². The Balaban J connectivity index is 2.17. The van der Waals surface area contributed by atoms with Crippen molar-refractivity contribution < 1.29 is 23.9 Å².